The third-order valence-electron chi connectivity index (χ3n) is 4.61. The molecule has 0 aliphatic heterocycles. The van der Waals surface area contributed by atoms with Crippen LogP contribution in [-0.2, 0) is 4.79 Å². The third kappa shape index (κ3) is 3.99. The van der Waals surface area contributed by atoms with Crippen LogP contribution in [0.2, 0.25) is 0 Å². The van der Waals surface area contributed by atoms with Gasteiger partial charge >= 0.3 is 5.97 Å². The van der Waals surface area contributed by atoms with E-state index in [1.165, 1.54) is 0 Å². The molecule has 5 heteroatoms. The lowest BCUT2D eigenvalue weighted by Crippen LogP contribution is -2.06. The van der Waals surface area contributed by atoms with Crippen molar-refractivity contribution in [2.45, 2.75) is 6.42 Å². The lowest BCUT2D eigenvalue weighted by atomic mass is 10.1. The van der Waals surface area contributed by atoms with Gasteiger partial charge in [-0.1, -0.05) is 84.9 Å². The van der Waals surface area contributed by atoms with Crippen LogP contribution in [0.25, 0.3) is 33.9 Å². The van der Waals surface area contributed by atoms with Gasteiger partial charge in [0.25, 0.3) is 0 Å². The number of hydrogen-bond donors (Lipinski definition) is 2. The van der Waals surface area contributed by atoms with Crippen LogP contribution in [0.4, 0.5) is 0 Å². The Morgan fingerprint density at radius 3 is 1.93 bits per heavy atom. The Hall–Kier alpha value is -3.99. The molecule has 0 saturated heterocycles. The van der Waals surface area contributed by atoms with Crippen molar-refractivity contribution in [2.24, 2.45) is 0 Å². The number of carboxylic acids is 1. The minimum absolute atomic E-state index is 0.370. The van der Waals surface area contributed by atoms with Crippen LogP contribution in [0.15, 0.2) is 84.9 Å². The number of aliphatic carboxylic acids is 1. The second-order valence-corrected chi connectivity index (χ2v) is 6.61. The van der Waals surface area contributed by atoms with E-state index >= 15 is 0 Å². The van der Waals surface area contributed by atoms with E-state index in [2.05, 4.69) is 4.98 Å². The fourth-order valence-corrected chi connectivity index (χ4v) is 3.18. The molecule has 0 spiro atoms. The van der Waals surface area contributed by atoms with E-state index in [1.54, 1.807) is 24.3 Å². The molecule has 0 atom stereocenters. The van der Waals surface area contributed by atoms with Gasteiger partial charge in [0.05, 0.1) is 11.4 Å². The Morgan fingerprint density at radius 1 is 0.759 bits per heavy atom. The van der Waals surface area contributed by atoms with Gasteiger partial charge in [0.15, 0.2) is 5.78 Å². The number of nitrogens with one attached hydrogen (secondary N) is 1. The van der Waals surface area contributed by atoms with Gasteiger partial charge < -0.3 is 10.1 Å². The average molecular weight is 382 g/mol. The predicted octanol–water partition coefficient (Wildman–Crippen LogP) is 5.07. The van der Waals surface area contributed by atoms with Gasteiger partial charge in [-0.25, -0.2) is 4.98 Å². The van der Waals surface area contributed by atoms with Crippen molar-refractivity contribution in [3.05, 3.63) is 90.5 Å². The molecular formula is C24H18N2O3. The highest BCUT2D eigenvalue weighted by molar-refractivity contribution is 6.05. The highest BCUT2D eigenvalue weighted by Gasteiger charge is 2.16. The smallest absolute Gasteiger partial charge is 0.311 e. The molecular weight excluding hydrogens is 364 g/mol. The van der Waals surface area contributed by atoms with Crippen LogP contribution < -0.4 is 0 Å². The summed E-state index contributed by atoms with van der Waals surface area (Å²) in [4.78, 5) is 30.9. The first-order chi connectivity index (χ1) is 14.1. The number of carbonyl (C=O) groups is 2. The van der Waals surface area contributed by atoms with E-state index < -0.39 is 18.2 Å². The van der Waals surface area contributed by atoms with Gasteiger partial charge in [0, 0.05) is 22.3 Å². The molecule has 1 heterocycles. The molecule has 0 saturated carbocycles. The quantitative estimate of drug-likeness (QED) is 0.360. The molecule has 0 aliphatic carbocycles. The first-order valence-electron chi connectivity index (χ1n) is 9.18. The standard InChI is InChI=1S/C24H18N2O3/c27-20(15-21(28)29)16-11-13-19(14-12-16)24-25-22(17-7-3-1-4-8-17)23(26-24)18-9-5-2-6-10-18/h1-14H,15H2,(H,25,26)(H,28,29). The van der Waals surface area contributed by atoms with Crippen LogP contribution in [0.3, 0.4) is 0 Å². The van der Waals surface area contributed by atoms with Crippen molar-refractivity contribution in [1.29, 1.82) is 0 Å². The predicted molar refractivity (Wildman–Crippen MR) is 111 cm³/mol. The summed E-state index contributed by atoms with van der Waals surface area (Å²) in [5.74, 6) is -0.872. The van der Waals surface area contributed by atoms with Crippen molar-refractivity contribution in [3.63, 3.8) is 0 Å². The minimum Gasteiger partial charge on any atom is -0.481 e. The van der Waals surface area contributed by atoms with Crippen LogP contribution in [0.5, 0.6) is 0 Å². The molecule has 0 fully saturated rings. The molecule has 2 N–H and O–H groups in total. The monoisotopic (exact) mass is 382 g/mol. The summed E-state index contributed by atoms with van der Waals surface area (Å²) >= 11 is 0. The molecule has 29 heavy (non-hydrogen) atoms. The number of hydrogen-bond acceptors (Lipinski definition) is 3. The van der Waals surface area contributed by atoms with Crippen molar-refractivity contribution in [2.75, 3.05) is 0 Å². The SMILES string of the molecule is O=C(O)CC(=O)c1ccc(-c2nc(-c3ccccc3)c(-c3ccccc3)[nH]2)cc1. The molecule has 1 aromatic heterocycles. The lowest BCUT2D eigenvalue weighted by Gasteiger charge is -2.02. The first kappa shape index (κ1) is 18.4. The largest absolute Gasteiger partial charge is 0.481 e. The number of rotatable bonds is 6. The number of ketones is 1. The fourth-order valence-electron chi connectivity index (χ4n) is 3.18. The fraction of sp³-hybridized carbons (Fsp3) is 0.0417. The summed E-state index contributed by atoms with van der Waals surface area (Å²) in [6.45, 7) is 0. The second-order valence-electron chi connectivity index (χ2n) is 6.61. The summed E-state index contributed by atoms with van der Waals surface area (Å²) in [5.41, 5.74) is 4.97. The molecule has 0 unspecified atom stereocenters. The number of nitrogens with zero attached hydrogens (tertiary/aromatic N) is 1. The molecule has 0 radical (unpaired) electrons. The summed E-state index contributed by atoms with van der Waals surface area (Å²) in [7, 11) is 0. The van der Waals surface area contributed by atoms with Gasteiger partial charge in [-0.05, 0) is 0 Å². The molecule has 5 nitrogen and oxygen atoms in total. The molecule has 0 bridgehead atoms. The zero-order valence-corrected chi connectivity index (χ0v) is 15.5. The van der Waals surface area contributed by atoms with Crippen LogP contribution in [0.1, 0.15) is 16.8 Å². The number of carbonyl (C=O) groups excluding carboxylic acids is 1. The molecule has 4 aromatic rings. The third-order valence-corrected chi connectivity index (χ3v) is 4.61. The van der Waals surface area contributed by atoms with Crippen LogP contribution in [0, 0.1) is 0 Å². The van der Waals surface area contributed by atoms with E-state index in [9.17, 15) is 9.59 Å². The number of imidazole rings is 1. The van der Waals surface area contributed by atoms with Crippen molar-refractivity contribution >= 4 is 11.8 Å². The summed E-state index contributed by atoms with van der Waals surface area (Å²) in [6, 6.07) is 26.7. The molecule has 4 rings (SSSR count). The van der Waals surface area contributed by atoms with E-state index in [0.717, 1.165) is 28.1 Å². The van der Waals surface area contributed by atoms with E-state index in [4.69, 9.17) is 10.1 Å². The van der Waals surface area contributed by atoms with Gasteiger partial charge in [-0.3, -0.25) is 9.59 Å². The maximum atomic E-state index is 11.9. The molecule has 0 aliphatic rings. The number of H-pyrrole nitrogens is 1. The van der Waals surface area contributed by atoms with Crippen molar-refractivity contribution in [1.82, 2.24) is 9.97 Å². The number of aromatic amines is 1. The molecule has 0 amide bonds. The van der Waals surface area contributed by atoms with Crippen molar-refractivity contribution < 1.29 is 14.7 Å². The first-order valence-corrected chi connectivity index (χ1v) is 9.18. The Balaban J connectivity index is 1.74. The van der Waals surface area contributed by atoms with E-state index in [1.807, 2.05) is 60.7 Å². The van der Waals surface area contributed by atoms with Crippen LogP contribution in [-0.4, -0.2) is 26.8 Å². The number of benzene rings is 3. The minimum atomic E-state index is -1.13. The summed E-state index contributed by atoms with van der Waals surface area (Å²) < 4.78 is 0. The number of aromatic nitrogens is 2. The highest BCUT2D eigenvalue weighted by Crippen LogP contribution is 2.32. The topological polar surface area (TPSA) is 83.0 Å². The summed E-state index contributed by atoms with van der Waals surface area (Å²) in [5, 5.41) is 8.79. The van der Waals surface area contributed by atoms with Crippen molar-refractivity contribution in [3.8, 4) is 33.9 Å². The Labute approximate surface area is 167 Å². The Morgan fingerprint density at radius 2 is 1.34 bits per heavy atom. The van der Waals surface area contributed by atoms with Gasteiger partial charge in [-0.15, -0.1) is 0 Å². The van der Waals surface area contributed by atoms with Gasteiger partial charge in [0.2, 0.25) is 0 Å². The maximum Gasteiger partial charge on any atom is 0.311 e. The van der Waals surface area contributed by atoms with Gasteiger partial charge in [0.1, 0.15) is 12.2 Å². The highest BCUT2D eigenvalue weighted by atomic mass is 16.4. The van der Waals surface area contributed by atoms with E-state index in [-0.39, 0.29) is 0 Å². The number of Topliss-reactive ketones (excluding diaryl/α,β-unsaturated/α-hetero) is 1. The zero-order valence-electron chi connectivity index (χ0n) is 15.5. The average Bonchev–Trinajstić information content (AvgIpc) is 3.20. The lowest BCUT2D eigenvalue weighted by molar-refractivity contribution is -0.135. The van der Waals surface area contributed by atoms with Crippen LogP contribution >= 0.6 is 0 Å². The second kappa shape index (κ2) is 7.94. The zero-order chi connectivity index (χ0) is 20.2. The number of carboxylic acid groups (broad SMARTS) is 1. The Kier molecular flexibility index (Phi) is 5.03. The summed E-state index contributed by atoms with van der Waals surface area (Å²) in [6.07, 6.45) is -0.517. The maximum absolute atomic E-state index is 11.9. The van der Waals surface area contributed by atoms with Gasteiger partial charge in [-0.2, -0.15) is 0 Å². The Bertz CT molecular complexity index is 1090. The normalized spacial score (nSPS) is 10.6. The molecule has 3 aromatic carbocycles. The molecule has 142 valence electrons. The van der Waals surface area contributed by atoms with E-state index in [0.29, 0.717) is 11.4 Å².